The molecular formula is C21H25N5O. The van der Waals surface area contributed by atoms with Crippen LogP contribution in [-0.2, 0) is 0 Å². The fraction of sp³-hybridized carbons (Fsp3) is 0.190. The van der Waals surface area contributed by atoms with Crippen molar-refractivity contribution in [2.75, 3.05) is 5.73 Å². The molecule has 0 unspecified atom stereocenters. The highest BCUT2D eigenvalue weighted by Gasteiger charge is 2.12. The van der Waals surface area contributed by atoms with E-state index in [0.29, 0.717) is 11.5 Å². The van der Waals surface area contributed by atoms with Crippen molar-refractivity contribution in [2.45, 2.75) is 27.7 Å². The summed E-state index contributed by atoms with van der Waals surface area (Å²) in [6.07, 6.45) is 1.40. The van der Waals surface area contributed by atoms with Gasteiger partial charge >= 0.3 is 0 Å². The highest BCUT2D eigenvalue weighted by Crippen LogP contribution is 2.30. The zero-order chi connectivity index (χ0) is 19.6. The summed E-state index contributed by atoms with van der Waals surface area (Å²) in [5.74, 6) is 1.96. The first-order valence-electron chi connectivity index (χ1n) is 9.09. The molecule has 27 heavy (non-hydrogen) atoms. The van der Waals surface area contributed by atoms with E-state index in [2.05, 4.69) is 20.2 Å². The van der Waals surface area contributed by atoms with Crippen LogP contribution in [0.3, 0.4) is 0 Å². The highest BCUT2D eigenvalue weighted by molar-refractivity contribution is 5.97. The molecule has 0 bridgehead atoms. The third-order valence-electron chi connectivity index (χ3n) is 3.50. The molecule has 0 radical (unpaired) electrons. The summed E-state index contributed by atoms with van der Waals surface area (Å²) in [4.78, 5) is 8.12. The van der Waals surface area contributed by atoms with Crippen molar-refractivity contribution < 1.29 is 4.74 Å². The number of para-hydroxylation sites is 1. The molecule has 0 saturated carbocycles. The smallest absolute Gasteiger partial charge is 0.186 e. The zero-order valence-corrected chi connectivity index (χ0v) is 16.1. The molecular weight excluding hydrogens is 338 g/mol. The Labute approximate surface area is 159 Å². The molecule has 0 amide bonds. The van der Waals surface area contributed by atoms with E-state index in [1.807, 2.05) is 82.3 Å². The van der Waals surface area contributed by atoms with Gasteiger partial charge in [0, 0.05) is 5.56 Å². The molecule has 4 rings (SSSR count). The number of ether oxygens (including phenoxy) is 1. The lowest BCUT2D eigenvalue weighted by atomic mass is 10.1. The lowest BCUT2D eigenvalue weighted by molar-refractivity contribution is 0.483. The molecule has 3 N–H and O–H groups in total. The highest BCUT2D eigenvalue weighted by atomic mass is 16.5. The van der Waals surface area contributed by atoms with Crippen LogP contribution in [0, 0.1) is 0 Å². The molecule has 140 valence electrons. The van der Waals surface area contributed by atoms with Crippen molar-refractivity contribution in [3.8, 4) is 22.8 Å². The lowest BCUT2D eigenvalue weighted by Gasteiger charge is -2.06. The molecule has 0 aliphatic carbocycles. The number of nitrogens with two attached hydrogens (primary N) is 1. The van der Waals surface area contributed by atoms with Crippen LogP contribution in [0.4, 0.5) is 5.82 Å². The van der Waals surface area contributed by atoms with Gasteiger partial charge in [0.05, 0.1) is 11.1 Å². The molecule has 0 fully saturated rings. The van der Waals surface area contributed by atoms with Gasteiger partial charge in [-0.2, -0.15) is 5.10 Å². The number of hydrogen-bond donors (Lipinski definition) is 2. The van der Waals surface area contributed by atoms with Crippen molar-refractivity contribution >= 4 is 16.9 Å². The Bertz CT molecular complexity index is 949. The number of anilines is 1. The van der Waals surface area contributed by atoms with Crippen LogP contribution in [-0.4, -0.2) is 20.2 Å². The number of rotatable bonds is 3. The summed E-state index contributed by atoms with van der Waals surface area (Å²) in [5, 5.41) is 7.85. The second-order valence-electron chi connectivity index (χ2n) is 5.00. The Morgan fingerprint density at radius 1 is 0.815 bits per heavy atom. The molecule has 0 spiro atoms. The number of fused-ring (bicyclic) bond motifs is 1. The molecule has 0 aliphatic heterocycles. The average molecular weight is 363 g/mol. The van der Waals surface area contributed by atoms with Crippen molar-refractivity contribution in [1.29, 1.82) is 0 Å². The first-order valence-corrected chi connectivity index (χ1v) is 9.09. The van der Waals surface area contributed by atoms with Crippen LogP contribution in [0.1, 0.15) is 27.7 Å². The Kier molecular flexibility index (Phi) is 7.31. The maximum atomic E-state index is 5.94. The molecule has 2 aromatic heterocycles. The second-order valence-corrected chi connectivity index (χ2v) is 5.00. The van der Waals surface area contributed by atoms with Gasteiger partial charge in [-0.15, -0.1) is 0 Å². The standard InChI is InChI=1S/C17H13N5O.2C2H6/c18-16-14-15(21-22-17(14)20-10-19-16)11-6-8-13(9-7-11)23-12-4-2-1-3-5-12;2*1-2/h1-10H,(H3,18,19,20,21,22);2*1-2H3. The fourth-order valence-electron chi connectivity index (χ4n) is 2.40. The van der Waals surface area contributed by atoms with Gasteiger partial charge in [-0.3, -0.25) is 5.10 Å². The third kappa shape index (κ3) is 4.61. The lowest BCUT2D eigenvalue weighted by Crippen LogP contribution is -1.92. The minimum absolute atomic E-state index is 0.406. The number of benzene rings is 2. The van der Waals surface area contributed by atoms with Gasteiger partial charge < -0.3 is 10.5 Å². The van der Waals surface area contributed by atoms with Crippen molar-refractivity contribution in [3.05, 3.63) is 60.9 Å². The number of nitrogens with zero attached hydrogens (tertiary/aromatic N) is 3. The minimum atomic E-state index is 0.406. The molecule has 0 aliphatic rings. The number of hydrogen-bond acceptors (Lipinski definition) is 5. The molecule has 6 heteroatoms. The van der Waals surface area contributed by atoms with E-state index in [1.165, 1.54) is 6.33 Å². The average Bonchev–Trinajstić information content (AvgIpc) is 3.18. The Balaban J connectivity index is 0.000000614. The number of nitrogen functional groups attached to an aromatic ring is 1. The third-order valence-corrected chi connectivity index (χ3v) is 3.50. The van der Waals surface area contributed by atoms with Crippen molar-refractivity contribution in [1.82, 2.24) is 20.2 Å². The molecule has 0 saturated heterocycles. The number of aromatic nitrogens is 4. The van der Waals surface area contributed by atoms with E-state index in [4.69, 9.17) is 10.5 Å². The summed E-state index contributed by atoms with van der Waals surface area (Å²) in [6, 6.07) is 17.3. The summed E-state index contributed by atoms with van der Waals surface area (Å²) in [5.41, 5.74) is 8.22. The van der Waals surface area contributed by atoms with E-state index in [-0.39, 0.29) is 0 Å². The van der Waals surface area contributed by atoms with Gasteiger partial charge in [0.1, 0.15) is 23.6 Å². The van der Waals surface area contributed by atoms with Gasteiger partial charge in [0.2, 0.25) is 0 Å². The molecule has 2 heterocycles. The van der Waals surface area contributed by atoms with E-state index in [1.54, 1.807) is 0 Å². The van der Waals surface area contributed by atoms with E-state index < -0.39 is 0 Å². The largest absolute Gasteiger partial charge is 0.457 e. The summed E-state index contributed by atoms with van der Waals surface area (Å²) < 4.78 is 5.79. The summed E-state index contributed by atoms with van der Waals surface area (Å²) in [6.45, 7) is 8.00. The minimum Gasteiger partial charge on any atom is -0.457 e. The maximum absolute atomic E-state index is 5.94. The van der Waals surface area contributed by atoms with Gasteiger partial charge in [-0.25, -0.2) is 9.97 Å². The van der Waals surface area contributed by atoms with Gasteiger partial charge in [-0.05, 0) is 36.4 Å². The Morgan fingerprint density at radius 3 is 2.11 bits per heavy atom. The SMILES string of the molecule is CC.CC.Nc1ncnc2n[nH]c(-c3ccc(Oc4ccccc4)cc3)c12. The van der Waals surface area contributed by atoms with E-state index >= 15 is 0 Å². The summed E-state index contributed by atoms with van der Waals surface area (Å²) in [7, 11) is 0. The van der Waals surface area contributed by atoms with Crippen LogP contribution in [0.2, 0.25) is 0 Å². The molecule has 4 aromatic rings. The predicted octanol–water partition coefficient (Wildman–Crippen LogP) is 5.45. The predicted molar refractivity (Wildman–Crippen MR) is 111 cm³/mol. The van der Waals surface area contributed by atoms with E-state index in [0.717, 1.165) is 28.1 Å². The monoisotopic (exact) mass is 363 g/mol. The van der Waals surface area contributed by atoms with Gasteiger partial charge in [-0.1, -0.05) is 45.9 Å². The number of H-pyrrole nitrogens is 1. The number of aromatic amines is 1. The second kappa shape index (κ2) is 9.91. The van der Waals surface area contributed by atoms with Gasteiger partial charge in [0.15, 0.2) is 5.65 Å². The zero-order valence-electron chi connectivity index (χ0n) is 16.1. The van der Waals surface area contributed by atoms with E-state index in [9.17, 15) is 0 Å². The maximum Gasteiger partial charge on any atom is 0.186 e. The van der Waals surface area contributed by atoms with Crippen LogP contribution in [0.25, 0.3) is 22.3 Å². The van der Waals surface area contributed by atoms with Crippen LogP contribution in [0.5, 0.6) is 11.5 Å². The van der Waals surface area contributed by atoms with Crippen LogP contribution >= 0.6 is 0 Å². The normalized spacial score (nSPS) is 9.63. The molecule has 0 atom stereocenters. The molecule has 2 aromatic carbocycles. The van der Waals surface area contributed by atoms with Gasteiger partial charge in [0.25, 0.3) is 0 Å². The number of nitrogens with one attached hydrogen (secondary N) is 1. The first kappa shape index (κ1) is 19.9. The quantitative estimate of drug-likeness (QED) is 0.505. The van der Waals surface area contributed by atoms with Crippen LogP contribution in [0.15, 0.2) is 60.9 Å². The Hall–Kier alpha value is -3.41. The molecule has 6 nitrogen and oxygen atoms in total. The fourth-order valence-corrected chi connectivity index (χ4v) is 2.40. The Morgan fingerprint density at radius 2 is 1.44 bits per heavy atom. The van der Waals surface area contributed by atoms with Crippen molar-refractivity contribution in [3.63, 3.8) is 0 Å². The summed E-state index contributed by atoms with van der Waals surface area (Å²) >= 11 is 0. The first-order chi connectivity index (χ1) is 13.3. The van der Waals surface area contributed by atoms with Crippen molar-refractivity contribution in [2.24, 2.45) is 0 Å². The van der Waals surface area contributed by atoms with Crippen LogP contribution < -0.4 is 10.5 Å². The topological polar surface area (TPSA) is 89.7 Å².